The van der Waals surface area contributed by atoms with E-state index in [1.165, 1.54) is 13.2 Å². The van der Waals surface area contributed by atoms with Crippen molar-refractivity contribution in [1.82, 2.24) is 14.1 Å². The molecule has 1 aromatic rings. The molecule has 0 spiro atoms. The lowest BCUT2D eigenvalue weighted by atomic mass is 10.1. The zero-order chi connectivity index (χ0) is 28.2. The molecule has 0 aromatic carbocycles. The first-order valence-corrected chi connectivity index (χ1v) is 13.5. The quantitative estimate of drug-likeness (QED) is 0.286. The summed E-state index contributed by atoms with van der Waals surface area (Å²) in [6, 6.07) is 0. The Morgan fingerprint density at radius 3 is 2.43 bits per heavy atom. The summed E-state index contributed by atoms with van der Waals surface area (Å²) in [5, 5.41) is 4.32. The molecule has 37 heavy (non-hydrogen) atoms. The smallest absolute Gasteiger partial charge is 0.434 e. The molecule has 1 aliphatic rings. The van der Waals surface area contributed by atoms with Crippen molar-refractivity contribution in [1.29, 1.82) is 0 Å². The molecular weight excluding hydrogens is 513 g/mol. The van der Waals surface area contributed by atoms with Gasteiger partial charge in [-0.15, -0.1) is 5.10 Å². The van der Waals surface area contributed by atoms with Gasteiger partial charge in [-0.25, -0.2) is 13.2 Å². The lowest BCUT2D eigenvalue weighted by molar-refractivity contribution is -0.243. The normalized spacial score (nSPS) is 15.3. The van der Waals surface area contributed by atoms with E-state index in [0.717, 1.165) is 31.0 Å². The number of fused-ring (bicyclic) bond motifs is 1. The first kappa shape index (κ1) is 30.4. The highest BCUT2D eigenvalue weighted by molar-refractivity contribution is 7.89. The van der Waals surface area contributed by atoms with Gasteiger partial charge in [-0.2, -0.15) is 18.2 Å². The van der Waals surface area contributed by atoms with Gasteiger partial charge in [0.2, 0.25) is 5.60 Å². The number of sulfonamides is 1. The molecule has 0 N–H and O–H groups in total. The van der Waals surface area contributed by atoms with Crippen molar-refractivity contribution in [2.24, 2.45) is 4.99 Å². The summed E-state index contributed by atoms with van der Waals surface area (Å²) < 4.78 is 80.1. The van der Waals surface area contributed by atoms with Crippen LogP contribution >= 0.6 is 0 Å². The molecule has 2 heterocycles. The zero-order valence-electron chi connectivity index (χ0n) is 22.1. The Bertz CT molecular complexity index is 1180. The molecule has 0 aliphatic carbocycles. The van der Waals surface area contributed by atoms with Crippen LogP contribution in [0.5, 0.6) is 5.88 Å². The molecule has 0 saturated carbocycles. The summed E-state index contributed by atoms with van der Waals surface area (Å²) in [5.41, 5.74) is -1.68. The van der Waals surface area contributed by atoms with E-state index in [0.29, 0.717) is 30.7 Å². The molecule has 0 fully saturated rings. The van der Waals surface area contributed by atoms with Crippen molar-refractivity contribution < 1.29 is 35.9 Å². The Balaban J connectivity index is 2.59. The molecule has 0 atom stereocenters. The number of halogens is 3. The summed E-state index contributed by atoms with van der Waals surface area (Å²) in [5.74, 6) is -0.0126. The average molecular weight is 549 g/mol. The number of amides is 1. The molecule has 9 nitrogen and oxygen atoms in total. The number of aryl methyl sites for hydroxylation is 1. The first-order valence-electron chi connectivity index (χ1n) is 12.0. The van der Waals surface area contributed by atoms with E-state index in [9.17, 15) is 26.4 Å². The van der Waals surface area contributed by atoms with Crippen molar-refractivity contribution in [3.8, 4) is 5.88 Å². The summed E-state index contributed by atoms with van der Waals surface area (Å²) in [6.07, 6.45) is -2.16. The van der Waals surface area contributed by atoms with E-state index < -0.39 is 27.9 Å². The highest BCUT2D eigenvalue weighted by Crippen LogP contribution is 2.36. The van der Waals surface area contributed by atoms with Crippen LogP contribution in [0.4, 0.5) is 18.0 Å². The van der Waals surface area contributed by atoms with Gasteiger partial charge in [0, 0.05) is 18.8 Å². The van der Waals surface area contributed by atoms with Crippen molar-refractivity contribution in [3.63, 3.8) is 0 Å². The van der Waals surface area contributed by atoms with E-state index in [1.807, 2.05) is 0 Å². The minimum absolute atomic E-state index is 0.0126. The van der Waals surface area contributed by atoms with Crippen molar-refractivity contribution >= 4 is 21.8 Å². The van der Waals surface area contributed by atoms with Crippen molar-refractivity contribution in [3.05, 3.63) is 29.6 Å². The summed E-state index contributed by atoms with van der Waals surface area (Å²) in [7, 11) is -2.85. The highest BCUT2D eigenvalue weighted by atomic mass is 32.2. The Morgan fingerprint density at radius 1 is 1.27 bits per heavy atom. The second-order valence-corrected chi connectivity index (χ2v) is 11.0. The number of aromatic nitrogens is 2. The molecule has 0 bridgehead atoms. The highest BCUT2D eigenvalue weighted by Gasteiger charge is 2.51. The number of methoxy groups -OCH3 is 1. The Morgan fingerprint density at radius 2 is 1.92 bits per heavy atom. The number of hydrogen-bond acceptors (Lipinski definition) is 6. The second-order valence-electron chi connectivity index (χ2n) is 9.19. The van der Waals surface area contributed by atoms with E-state index in [-0.39, 0.29) is 35.1 Å². The van der Waals surface area contributed by atoms with Gasteiger partial charge in [-0.1, -0.05) is 20.4 Å². The maximum absolute atomic E-state index is 14.0. The van der Waals surface area contributed by atoms with Gasteiger partial charge in [-0.05, 0) is 64.5 Å². The lowest BCUT2D eigenvalue weighted by Gasteiger charge is -2.28. The fourth-order valence-electron chi connectivity index (χ4n) is 3.71. The van der Waals surface area contributed by atoms with Crippen LogP contribution in [-0.2, 0) is 27.7 Å². The molecular formula is C24H35F3N4O5S. The topological polar surface area (TPSA) is 103 Å². The number of alkyl halides is 3. The fourth-order valence-corrected chi connectivity index (χ4v) is 5.67. The monoisotopic (exact) mass is 548 g/mol. The lowest BCUT2D eigenvalue weighted by Crippen LogP contribution is -2.43. The Kier molecular flexibility index (Phi) is 9.61. The van der Waals surface area contributed by atoms with E-state index >= 15 is 0 Å². The maximum Gasteiger partial charge on any atom is 0.434 e. The maximum atomic E-state index is 14.0. The number of aliphatic imine (C=N–C) groups is 1. The molecule has 0 unspecified atom stereocenters. The molecule has 1 aromatic heterocycles. The van der Waals surface area contributed by atoms with Crippen LogP contribution in [0, 0.1) is 0 Å². The molecule has 0 radical (unpaired) electrons. The number of carbonyl (C=O) groups is 1. The zero-order valence-corrected chi connectivity index (χ0v) is 22.9. The Labute approximate surface area is 216 Å². The number of hydrogen-bond donors (Lipinski definition) is 0. The summed E-state index contributed by atoms with van der Waals surface area (Å²) in [6.45, 7) is 11.0. The van der Waals surface area contributed by atoms with E-state index in [4.69, 9.17) is 4.74 Å². The number of carbonyl (C=O) groups excluding carboxylic acids is 1. The van der Waals surface area contributed by atoms with Crippen LogP contribution in [-0.4, -0.2) is 59.7 Å². The minimum atomic E-state index is -4.79. The third-order valence-electron chi connectivity index (χ3n) is 5.81. The SMILES string of the molecule is C=C(C)/C(=C\C(CC)=NC(=O)OC(C)(C)C(F)(F)F)N(CCC)S(=O)(=O)c1c(OC)nn2c1CCCC2. The number of nitrogens with zero attached hydrogens (tertiary/aromatic N) is 4. The van der Waals surface area contributed by atoms with Gasteiger partial charge in [0.1, 0.15) is 0 Å². The van der Waals surface area contributed by atoms with E-state index in [2.05, 4.69) is 21.4 Å². The van der Waals surface area contributed by atoms with Crippen LogP contribution in [0.3, 0.4) is 0 Å². The van der Waals surface area contributed by atoms with Crippen molar-refractivity contribution in [2.75, 3.05) is 13.7 Å². The van der Waals surface area contributed by atoms with Gasteiger partial charge < -0.3 is 9.47 Å². The first-order chi connectivity index (χ1) is 17.1. The third-order valence-corrected chi connectivity index (χ3v) is 7.70. The average Bonchev–Trinajstić information content (AvgIpc) is 3.18. The van der Waals surface area contributed by atoms with Crippen LogP contribution in [0.25, 0.3) is 0 Å². The number of rotatable bonds is 10. The van der Waals surface area contributed by atoms with Gasteiger partial charge in [0.15, 0.2) is 4.90 Å². The minimum Gasteiger partial charge on any atom is -0.479 e. The van der Waals surface area contributed by atoms with Crippen LogP contribution in [0.1, 0.15) is 66.0 Å². The molecule has 208 valence electrons. The van der Waals surface area contributed by atoms with Crippen LogP contribution < -0.4 is 4.74 Å². The largest absolute Gasteiger partial charge is 0.479 e. The standard InChI is InChI=1S/C24H35F3N4O5S/c1-8-13-31(37(33,34)20-18-12-10-11-14-30(18)29-21(20)35-7)19(16(3)4)15-17(9-2)28-22(32)36-23(5,6)24(25,26)27/h15H,3,8-14H2,1-2,4-7H3/b19-15+,28-17?. The van der Waals surface area contributed by atoms with Gasteiger partial charge in [-0.3, -0.25) is 8.99 Å². The molecule has 13 heteroatoms. The summed E-state index contributed by atoms with van der Waals surface area (Å²) in [4.78, 5) is 15.9. The van der Waals surface area contributed by atoms with Gasteiger partial charge in [0.05, 0.1) is 18.5 Å². The van der Waals surface area contributed by atoms with E-state index in [1.54, 1.807) is 25.5 Å². The van der Waals surface area contributed by atoms with Gasteiger partial charge in [0.25, 0.3) is 15.9 Å². The third kappa shape index (κ3) is 6.74. The Hall–Kier alpha value is -2.83. The number of ether oxygens (including phenoxy) is 2. The van der Waals surface area contributed by atoms with Gasteiger partial charge >= 0.3 is 12.3 Å². The van der Waals surface area contributed by atoms with Crippen LogP contribution in [0.15, 0.2) is 33.8 Å². The van der Waals surface area contributed by atoms with Crippen LogP contribution in [0.2, 0.25) is 0 Å². The fraction of sp³-hybridized carbons (Fsp3) is 0.625. The molecule has 1 amide bonds. The molecule has 2 rings (SSSR count). The molecule has 0 saturated heterocycles. The predicted octanol–water partition coefficient (Wildman–Crippen LogP) is 5.42. The number of allylic oxidation sites excluding steroid dienone is 2. The summed E-state index contributed by atoms with van der Waals surface area (Å²) >= 11 is 0. The van der Waals surface area contributed by atoms with Crippen molar-refractivity contribution in [2.45, 2.75) is 89.9 Å². The molecule has 1 aliphatic heterocycles. The predicted molar refractivity (Wildman–Crippen MR) is 133 cm³/mol. The second kappa shape index (κ2) is 11.7.